The maximum absolute atomic E-state index is 13.3. The van der Waals surface area contributed by atoms with E-state index in [1.807, 2.05) is 0 Å². The Morgan fingerprint density at radius 2 is 2.17 bits per heavy atom. The quantitative estimate of drug-likeness (QED) is 0.676. The van der Waals surface area contributed by atoms with Gasteiger partial charge in [-0.05, 0) is 40.2 Å². The summed E-state index contributed by atoms with van der Waals surface area (Å²) in [6.07, 6.45) is 1.51. The van der Waals surface area contributed by atoms with Gasteiger partial charge in [0.2, 0.25) is 5.88 Å². The molecule has 0 bridgehead atoms. The first-order valence-corrected chi connectivity index (χ1v) is 5.79. The van der Waals surface area contributed by atoms with Crippen LogP contribution >= 0.6 is 15.9 Å². The normalized spacial score (nSPS) is 10.1. The highest BCUT2D eigenvalue weighted by Gasteiger charge is 2.09. The van der Waals surface area contributed by atoms with E-state index in [4.69, 9.17) is 15.9 Å². The van der Waals surface area contributed by atoms with E-state index < -0.39 is 5.82 Å². The number of pyridine rings is 1. The third-order valence-corrected chi connectivity index (χ3v) is 2.81. The minimum Gasteiger partial charge on any atom is -0.438 e. The number of hydrogen-bond donors (Lipinski definition) is 2. The third-order valence-electron chi connectivity index (χ3n) is 2.17. The summed E-state index contributed by atoms with van der Waals surface area (Å²) < 4.78 is 19.1. The number of hydrogen-bond acceptors (Lipinski definition) is 3. The lowest BCUT2D eigenvalue weighted by Gasteiger charge is -2.08. The van der Waals surface area contributed by atoms with Gasteiger partial charge in [0, 0.05) is 12.3 Å². The molecule has 0 aliphatic rings. The van der Waals surface area contributed by atoms with Crippen molar-refractivity contribution in [2.45, 2.75) is 0 Å². The zero-order valence-electron chi connectivity index (χ0n) is 9.15. The Bertz CT molecular complexity index is 604. The molecule has 0 saturated heterocycles. The zero-order valence-corrected chi connectivity index (χ0v) is 10.7. The molecule has 18 heavy (non-hydrogen) atoms. The fourth-order valence-corrected chi connectivity index (χ4v) is 1.58. The molecule has 0 unspecified atom stereocenters. The molecule has 2 rings (SSSR count). The van der Waals surface area contributed by atoms with Gasteiger partial charge in [-0.1, -0.05) is 0 Å². The third kappa shape index (κ3) is 2.65. The zero-order chi connectivity index (χ0) is 13.1. The molecule has 0 saturated carbocycles. The van der Waals surface area contributed by atoms with Gasteiger partial charge < -0.3 is 10.5 Å². The molecule has 0 fully saturated rings. The highest BCUT2D eigenvalue weighted by Crippen LogP contribution is 2.26. The molecule has 6 heteroatoms. The summed E-state index contributed by atoms with van der Waals surface area (Å²) in [5.41, 5.74) is 5.77. The molecule has 1 aromatic heterocycles. The fourth-order valence-electron chi connectivity index (χ4n) is 1.33. The van der Waals surface area contributed by atoms with Crippen LogP contribution in [0.3, 0.4) is 0 Å². The average molecular weight is 310 g/mol. The van der Waals surface area contributed by atoms with Gasteiger partial charge in [0.25, 0.3) is 0 Å². The molecule has 92 valence electrons. The first kappa shape index (κ1) is 12.5. The number of rotatable bonds is 3. The predicted molar refractivity (Wildman–Crippen MR) is 69.4 cm³/mol. The monoisotopic (exact) mass is 309 g/mol. The Kier molecular flexibility index (Phi) is 3.57. The van der Waals surface area contributed by atoms with Gasteiger partial charge in [-0.25, -0.2) is 9.37 Å². The van der Waals surface area contributed by atoms with Crippen LogP contribution in [-0.2, 0) is 0 Å². The number of nitrogen functional groups attached to an aromatic ring is 1. The highest BCUT2D eigenvalue weighted by atomic mass is 79.9. The molecule has 0 aliphatic heterocycles. The van der Waals surface area contributed by atoms with E-state index in [0.29, 0.717) is 10.0 Å². The number of nitrogens with two attached hydrogens (primary N) is 1. The lowest BCUT2D eigenvalue weighted by molar-refractivity contribution is 0.456. The highest BCUT2D eigenvalue weighted by molar-refractivity contribution is 9.10. The molecular formula is C12H9BrFN3O. The Balaban J connectivity index is 2.34. The molecule has 0 radical (unpaired) electrons. The Morgan fingerprint density at radius 3 is 2.83 bits per heavy atom. The van der Waals surface area contributed by atoms with Crippen LogP contribution in [0.5, 0.6) is 11.6 Å². The van der Waals surface area contributed by atoms with Crippen molar-refractivity contribution in [1.82, 2.24) is 4.98 Å². The summed E-state index contributed by atoms with van der Waals surface area (Å²) in [4.78, 5) is 3.97. The Morgan fingerprint density at radius 1 is 1.39 bits per heavy atom. The van der Waals surface area contributed by atoms with Crippen molar-refractivity contribution in [1.29, 1.82) is 5.41 Å². The van der Waals surface area contributed by atoms with Crippen molar-refractivity contribution in [2.24, 2.45) is 5.73 Å². The summed E-state index contributed by atoms with van der Waals surface area (Å²) in [7, 11) is 0. The summed E-state index contributed by atoms with van der Waals surface area (Å²) >= 11 is 3.05. The first-order chi connectivity index (χ1) is 8.58. The number of amidine groups is 1. The number of halogens is 2. The van der Waals surface area contributed by atoms with Gasteiger partial charge in [-0.15, -0.1) is 0 Å². The van der Waals surface area contributed by atoms with Crippen LogP contribution in [0.2, 0.25) is 0 Å². The van der Waals surface area contributed by atoms with Gasteiger partial charge in [-0.2, -0.15) is 0 Å². The molecule has 1 heterocycles. The number of nitrogens with one attached hydrogen (secondary N) is 1. The SMILES string of the molecule is N=C(N)c1cccnc1Oc1ccc(Br)c(F)c1. The van der Waals surface area contributed by atoms with Crippen LogP contribution < -0.4 is 10.5 Å². The maximum atomic E-state index is 13.3. The fraction of sp³-hybridized carbons (Fsp3) is 0. The van der Waals surface area contributed by atoms with Crippen LogP contribution in [0.25, 0.3) is 0 Å². The van der Waals surface area contributed by atoms with E-state index >= 15 is 0 Å². The van der Waals surface area contributed by atoms with Crippen LogP contribution in [0.1, 0.15) is 5.56 Å². The lowest BCUT2D eigenvalue weighted by atomic mass is 10.2. The van der Waals surface area contributed by atoms with Gasteiger partial charge in [0.05, 0.1) is 10.0 Å². The van der Waals surface area contributed by atoms with Crippen LogP contribution in [-0.4, -0.2) is 10.8 Å². The van der Waals surface area contributed by atoms with E-state index in [9.17, 15) is 4.39 Å². The van der Waals surface area contributed by atoms with Crippen molar-refractivity contribution in [3.05, 3.63) is 52.4 Å². The summed E-state index contributed by atoms with van der Waals surface area (Å²) in [5, 5.41) is 7.39. The van der Waals surface area contributed by atoms with Crippen molar-refractivity contribution < 1.29 is 9.13 Å². The van der Waals surface area contributed by atoms with Crippen LogP contribution in [0.15, 0.2) is 41.0 Å². The maximum Gasteiger partial charge on any atom is 0.230 e. The summed E-state index contributed by atoms with van der Waals surface area (Å²) in [6, 6.07) is 7.60. The number of ether oxygens (including phenoxy) is 1. The van der Waals surface area contributed by atoms with Gasteiger partial charge >= 0.3 is 0 Å². The Labute approximate surface area is 111 Å². The molecule has 0 amide bonds. The Hall–Kier alpha value is -1.95. The largest absolute Gasteiger partial charge is 0.438 e. The standard InChI is InChI=1S/C12H9BrFN3O/c13-9-4-3-7(6-10(9)14)18-12-8(11(15)16)2-1-5-17-12/h1-6H,(H3,15,16). The first-order valence-electron chi connectivity index (χ1n) is 5.00. The second kappa shape index (κ2) is 5.14. The summed E-state index contributed by atoms with van der Waals surface area (Å²) in [6.45, 7) is 0. The molecule has 0 aliphatic carbocycles. The van der Waals surface area contributed by atoms with Crippen molar-refractivity contribution >= 4 is 21.8 Å². The van der Waals surface area contributed by atoms with E-state index in [2.05, 4.69) is 20.9 Å². The molecule has 1 aromatic carbocycles. The van der Waals surface area contributed by atoms with E-state index in [1.165, 1.54) is 18.3 Å². The second-order valence-corrected chi connectivity index (χ2v) is 4.30. The van der Waals surface area contributed by atoms with E-state index in [0.717, 1.165) is 0 Å². The second-order valence-electron chi connectivity index (χ2n) is 3.45. The van der Waals surface area contributed by atoms with Crippen LogP contribution in [0.4, 0.5) is 4.39 Å². The molecular weight excluding hydrogens is 301 g/mol. The molecule has 2 aromatic rings. The number of benzene rings is 1. The number of nitrogens with zero attached hydrogens (tertiary/aromatic N) is 1. The lowest BCUT2D eigenvalue weighted by Crippen LogP contribution is -2.12. The van der Waals surface area contributed by atoms with Crippen molar-refractivity contribution in [3.8, 4) is 11.6 Å². The molecule has 0 spiro atoms. The van der Waals surface area contributed by atoms with Gasteiger partial charge in [0.1, 0.15) is 17.4 Å². The van der Waals surface area contributed by atoms with Crippen molar-refractivity contribution in [3.63, 3.8) is 0 Å². The smallest absolute Gasteiger partial charge is 0.230 e. The van der Waals surface area contributed by atoms with E-state index in [1.54, 1.807) is 18.2 Å². The average Bonchev–Trinajstić information content (AvgIpc) is 2.34. The van der Waals surface area contributed by atoms with Crippen molar-refractivity contribution in [2.75, 3.05) is 0 Å². The molecule has 3 N–H and O–H groups in total. The summed E-state index contributed by atoms with van der Waals surface area (Å²) in [5.74, 6) is -0.132. The molecule has 4 nitrogen and oxygen atoms in total. The van der Waals surface area contributed by atoms with E-state index in [-0.39, 0.29) is 17.5 Å². The number of aromatic nitrogens is 1. The van der Waals surface area contributed by atoms with Gasteiger partial charge in [-0.3, -0.25) is 5.41 Å². The minimum atomic E-state index is -0.437. The van der Waals surface area contributed by atoms with Gasteiger partial charge in [0.15, 0.2) is 0 Å². The minimum absolute atomic E-state index is 0.157. The topological polar surface area (TPSA) is 72.0 Å². The van der Waals surface area contributed by atoms with Crippen LogP contribution in [0, 0.1) is 11.2 Å². The predicted octanol–water partition coefficient (Wildman–Crippen LogP) is 3.06. The molecule has 0 atom stereocenters.